The number of ether oxygens (including phenoxy) is 1. The van der Waals surface area contributed by atoms with Gasteiger partial charge in [0.25, 0.3) is 5.92 Å². The van der Waals surface area contributed by atoms with Gasteiger partial charge in [0.05, 0.1) is 17.3 Å². The van der Waals surface area contributed by atoms with E-state index in [1.165, 1.54) is 12.1 Å². The smallest absolute Gasteiger partial charge is 0.408 e. The van der Waals surface area contributed by atoms with Crippen molar-refractivity contribution >= 4 is 17.8 Å². The molecule has 1 unspecified atom stereocenters. The Labute approximate surface area is 199 Å². The van der Waals surface area contributed by atoms with Crippen LogP contribution in [-0.2, 0) is 4.74 Å². The maximum absolute atomic E-state index is 14.7. The molecule has 1 aliphatic rings. The van der Waals surface area contributed by atoms with Gasteiger partial charge in [0.15, 0.2) is 0 Å². The lowest BCUT2D eigenvalue weighted by molar-refractivity contribution is -0.0437. The second kappa shape index (κ2) is 10.1. The summed E-state index contributed by atoms with van der Waals surface area (Å²) in [5.74, 6) is -6.22. The molecule has 2 N–H and O–H groups in total. The highest BCUT2D eigenvalue weighted by molar-refractivity contribution is 5.95. The number of likely N-dealkylation sites (tertiary alicyclic amines) is 1. The number of hydrogen-bond donors (Lipinski definition) is 2. The van der Waals surface area contributed by atoms with E-state index in [9.17, 15) is 31.5 Å². The Morgan fingerprint density at radius 3 is 2.23 bits per heavy atom. The second-order valence-electron chi connectivity index (χ2n) is 9.17. The maximum Gasteiger partial charge on any atom is 0.408 e. The van der Waals surface area contributed by atoms with Crippen LogP contribution in [0.1, 0.15) is 33.6 Å². The summed E-state index contributed by atoms with van der Waals surface area (Å²) in [4.78, 5) is 25.9. The summed E-state index contributed by atoms with van der Waals surface area (Å²) in [5, 5.41) is 4.42. The molecule has 2 aromatic rings. The number of alkyl halides is 2. The van der Waals surface area contributed by atoms with Crippen LogP contribution in [0.4, 0.5) is 37.2 Å². The van der Waals surface area contributed by atoms with Gasteiger partial charge in [-0.1, -0.05) is 18.2 Å². The van der Waals surface area contributed by atoms with Gasteiger partial charge in [-0.05, 0) is 45.4 Å². The summed E-state index contributed by atoms with van der Waals surface area (Å²) in [7, 11) is 0. The Balaban J connectivity index is 1.78. The van der Waals surface area contributed by atoms with E-state index in [0.29, 0.717) is 0 Å². The fourth-order valence-electron chi connectivity index (χ4n) is 3.70. The molecule has 1 aliphatic heterocycles. The predicted molar refractivity (Wildman–Crippen MR) is 120 cm³/mol. The number of carbonyl (C=O) groups is 2. The molecule has 0 saturated carbocycles. The largest absolute Gasteiger partial charge is 0.444 e. The zero-order chi connectivity index (χ0) is 26.0. The first-order valence-electron chi connectivity index (χ1n) is 10.9. The fraction of sp³-hybridized carbons (Fsp3) is 0.417. The quantitative estimate of drug-likeness (QED) is 0.515. The van der Waals surface area contributed by atoms with Crippen molar-refractivity contribution in [1.82, 2.24) is 10.2 Å². The Hall–Kier alpha value is -3.37. The van der Waals surface area contributed by atoms with Gasteiger partial charge in [-0.15, -0.1) is 0 Å². The van der Waals surface area contributed by atoms with Crippen molar-refractivity contribution < 1.29 is 36.3 Å². The summed E-state index contributed by atoms with van der Waals surface area (Å²) >= 11 is 0. The van der Waals surface area contributed by atoms with Gasteiger partial charge in [0, 0.05) is 25.1 Å². The van der Waals surface area contributed by atoms with Crippen LogP contribution in [0.2, 0.25) is 0 Å². The van der Waals surface area contributed by atoms with Crippen molar-refractivity contribution in [2.45, 2.75) is 51.2 Å². The number of amides is 3. The van der Waals surface area contributed by atoms with Crippen LogP contribution in [0.15, 0.2) is 36.4 Å². The van der Waals surface area contributed by atoms with Crippen molar-refractivity contribution in [1.29, 1.82) is 0 Å². The SMILES string of the molecule is CC(C)(C)OC(=O)NC1CCN(C(=O)Nc2c(F)cccc2-c2c(F)cccc2F)CCC1(F)F. The van der Waals surface area contributed by atoms with E-state index >= 15 is 0 Å². The van der Waals surface area contributed by atoms with E-state index < -0.39 is 71.4 Å². The number of hydrogen-bond acceptors (Lipinski definition) is 3. The molecular formula is C24H26F5N3O3. The third kappa shape index (κ3) is 6.40. The summed E-state index contributed by atoms with van der Waals surface area (Å²) in [6.45, 7) is 4.18. The maximum atomic E-state index is 14.7. The Bertz CT molecular complexity index is 1080. The number of rotatable bonds is 3. The molecule has 3 rings (SSSR count). The van der Waals surface area contributed by atoms with Crippen LogP contribution < -0.4 is 10.6 Å². The molecular weight excluding hydrogens is 473 g/mol. The first-order chi connectivity index (χ1) is 16.3. The highest BCUT2D eigenvalue weighted by atomic mass is 19.3. The van der Waals surface area contributed by atoms with Crippen molar-refractivity contribution in [2.75, 3.05) is 18.4 Å². The van der Waals surface area contributed by atoms with Crippen molar-refractivity contribution in [3.8, 4) is 11.1 Å². The highest BCUT2D eigenvalue weighted by Gasteiger charge is 2.44. The van der Waals surface area contributed by atoms with E-state index in [1.807, 2.05) is 0 Å². The van der Waals surface area contributed by atoms with Crippen LogP contribution in [0.3, 0.4) is 0 Å². The number of nitrogens with one attached hydrogen (secondary N) is 2. The lowest BCUT2D eigenvalue weighted by atomic mass is 10.0. The minimum atomic E-state index is -3.34. The molecule has 190 valence electrons. The van der Waals surface area contributed by atoms with E-state index in [0.717, 1.165) is 29.2 Å². The number of para-hydroxylation sites is 1. The lowest BCUT2D eigenvalue weighted by Gasteiger charge is -2.27. The normalized spacial score (nSPS) is 17.9. The molecule has 0 aliphatic carbocycles. The van der Waals surface area contributed by atoms with Crippen LogP contribution in [0, 0.1) is 17.5 Å². The van der Waals surface area contributed by atoms with Gasteiger partial charge >= 0.3 is 12.1 Å². The number of anilines is 1. The number of halogens is 5. The number of nitrogens with zero attached hydrogens (tertiary/aromatic N) is 1. The van der Waals surface area contributed by atoms with Crippen LogP contribution in [0.25, 0.3) is 11.1 Å². The Morgan fingerprint density at radius 1 is 1.00 bits per heavy atom. The summed E-state index contributed by atoms with van der Waals surface area (Å²) in [6, 6.07) is 4.06. The summed E-state index contributed by atoms with van der Waals surface area (Å²) < 4.78 is 77.6. The average molecular weight is 499 g/mol. The third-order valence-electron chi connectivity index (χ3n) is 5.37. The molecule has 0 radical (unpaired) electrons. The second-order valence-corrected chi connectivity index (χ2v) is 9.17. The molecule has 0 aromatic heterocycles. The van der Waals surface area contributed by atoms with Crippen LogP contribution in [0.5, 0.6) is 0 Å². The van der Waals surface area contributed by atoms with Gasteiger partial charge in [0.2, 0.25) is 0 Å². The highest BCUT2D eigenvalue weighted by Crippen LogP contribution is 2.35. The van der Waals surface area contributed by atoms with Gasteiger partial charge in [-0.25, -0.2) is 31.5 Å². The van der Waals surface area contributed by atoms with Crippen molar-refractivity contribution in [2.24, 2.45) is 0 Å². The van der Waals surface area contributed by atoms with Gasteiger partial charge < -0.3 is 20.3 Å². The van der Waals surface area contributed by atoms with Gasteiger partial charge in [-0.3, -0.25) is 0 Å². The molecule has 1 saturated heterocycles. The van der Waals surface area contributed by atoms with Crippen LogP contribution >= 0.6 is 0 Å². The third-order valence-corrected chi connectivity index (χ3v) is 5.37. The molecule has 1 atom stereocenters. The van der Waals surface area contributed by atoms with E-state index in [4.69, 9.17) is 4.74 Å². The minimum Gasteiger partial charge on any atom is -0.444 e. The number of carbonyl (C=O) groups excluding carboxylic acids is 2. The number of benzene rings is 2. The lowest BCUT2D eigenvalue weighted by Crippen LogP contribution is -2.49. The predicted octanol–water partition coefficient (Wildman–Crippen LogP) is 5.93. The number of urea groups is 1. The van der Waals surface area contributed by atoms with Gasteiger partial charge in [0.1, 0.15) is 23.1 Å². The molecule has 35 heavy (non-hydrogen) atoms. The minimum absolute atomic E-state index is 0.195. The standard InChI is InChI=1S/C24H26F5N3O3/c1-23(2,3)35-22(34)30-18-10-12-32(13-11-24(18,28)29)21(33)31-20-14(6-4-9-17(20)27)19-15(25)7-5-8-16(19)26/h4-9,18H,10-13H2,1-3H3,(H,30,34)(H,31,33). The molecule has 3 amide bonds. The average Bonchev–Trinajstić information content (AvgIpc) is 2.87. The molecule has 0 spiro atoms. The van der Waals surface area contributed by atoms with E-state index in [-0.39, 0.29) is 18.5 Å². The Kier molecular flexibility index (Phi) is 7.56. The Morgan fingerprint density at radius 2 is 1.60 bits per heavy atom. The molecule has 0 bridgehead atoms. The topological polar surface area (TPSA) is 70.7 Å². The molecule has 1 heterocycles. The molecule has 11 heteroatoms. The van der Waals surface area contributed by atoms with E-state index in [1.54, 1.807) is 20.8 Å². The summed E-state index contributed by atoms with van der Waals surface area (Å²) in [5.41, 5.74) is -2.14. The van der Waals surface area contributed by atoms with Crippen LogP contribution in [-0.4, -0.2) is 47.7 Å². The van der Waals surface area contributed by atoms with Gasteiger partial charge in [-0.2, -0.15) is 0 Å². The molecule has 1 fully saturated rings. The monoisotopic (exact) mass is 499 g/mol. The molecule has 6 nitrogen and oxygen atoms in total. The van der Waals surface area contributed by atoms with E-state index in [2.05, 4.69) is 10.6 Å². The first-order valence-corrected chi connectivity index (χ1v) is 10.9. The fourth-order valence-corrected chi connectivity index (χ4v) is 3.70. The zero-order valence-electron chi connectivity index (χ0n) is 19.4. The summed E-state index contributed by atoms with van der Waals surface area (Å²) in [6.07, 6.45) is -2.08. The first kappa shape index (κ1) is 26.2. The molecule has 2 aromatic carbocycles. The van der Waals surface area contributed by atoms with Crippen molar-refractivity contribution in [3.05, 3.63) is 53.8 Å². The van der Waals surface area contributed by atoms with Crippen molar-refractivity contribution in [3.63, 3.8) is 0 Å². The number of alkyl carbamates (subject to hydrolysis) is 1. The zero-order valence-corrected chi connectivity index (χ0v) is 19.4.